The second kappa shape index (κ2) is 7.60. The van der Waals surface area contributed by atoms with Gasteiger partial charge in [0.2, 0.25) is 5.91 Å². The number of nitrogens with one attached hydrogen (secondary N) is 1. The molecule has 3 N–H and O–H groups in total. The first kappa shape index (κ1) is 15.3. The predicted octanol–water partition coefficient (Wildman–Crippen LogP) is 3.52. The van der Waals surface area contributed by atoms with Crippen molar-refractivity contribution in [1.29, 1.82) is 0 Å². The summed E-state index contributed by atoms with van der Waals surface area (Å²) >= 11 is 0. The number of amides is 1. The topological polar surface area (TPSA) is 55.1 Å². The van der Waals surface area contributed by atoms with Gasteiger partial charge < -0.3 is 11.1 Å². The molecule has 0 saturated carbocycles. The number of hydrogen-bond acceptors (Lipinski definition) is 2. The van der Waals surface area contributed by atoms with Crippen LogP contribution in [0.5, 0.6) is 0 Å². The summed E-state index contributed by atoms with van der Waals surface area (Å²) in [4.78, 5) is 11.6. The van der Waals surface area contributed by atoms with Crippen molar-refractivity contribution in [1.82, 2.24) is 0 Å². The van der Waals surface area contributed by atoms with Crippen molar-refractivity contribution in [3.63, 3.8) is 0 Å². The van der Waals surface area contributed by atoms with Crippen LogP contribution in [0.1, 0.15) is 36.8 Å². The molecule has 0 aliphatic carbocycles. The normalized spacial score (nSPS) is 11.9. The highest BCUT2D eigenvalue weighted by Crippen LogP contribution is 2.24. The van der Waals surface area contributed by atoms with Crippen LogP contribution in [0.3, 0.4) is 0 Å². The van der Waals surface area contributed by atoms with Gasteiger partial charge in [0.05, 0.1) is 0 Å². The zero-order valence-electron chi connectivity index (χ0n) is 12.4. The van der Waals surface area contributed by atoms with Crippen LogP contribution in [0.4, 0.5) is 5.69 Å². The highest BCUT2D eigenvalue weighted by molar-refractivity contribution is 5.90. The minimum atomic E-state index is 0.0590. The summed E-state index contributed by atoms with van der Waals surface area (Å²) in [6.07, 6.45) is 1.41. The van der Waals surface area contributed by atoms with Crippen LogP contribution < -0.4 is 11.1 Å². The molecular formula is C18H22N2O. The number of carbonyl (C=O) groups excluding carboxylic acids is 1. The molecular weight excluding hydrogens is 260 g/mol. The summed E-state index contributed by atoms with van der Waals surface area (Å²) in [6, 6.07) is 18.2. The fraction of sp³-hybridized carbons (Fsp3) is 0.278. The Morgan fingerprint density at radius 1 is 1.05 bits per heavy atom. The molecule has 0 unspecified atom stereocenters. The molecule has 3 heteroatoms. The Kier molecular flexibility index (Phi) is 5.52. The molecule has 0 heterocycles. The summed E-state index contributed by atoms with van der Waals surface area (Å²) in [6.45, 7) is 2.56. The van der Waals surface area contributed by atoms with Crippen molar-refractivity contribution in [2.24, 2.45) is 5.73 Å². The molecule has 0 radical (unpaired) electrons. The zero-order valence-corrected chi connectivity index (χ0v) is 12.4. The number of benzene rings is 2. The summed E-state index contributed by atoms with van der Waals surface area (Å²) in [5, 5.41) is 2.90. The molecule has 0 saturated heterocycles. The molecule has 0 bridgehead atoms. The van der Waals surface area contributed by atoms with E-state index in [0.29, 0.717) is 13.0 Å². The highest BCUT2D eigenvalue weighted by Gasteiger charge is 2.12. The Bertz CT molecular complexity index is 564. The van der Waals surface area contributed by atoms with Crippen LogP contribution in [-0.2, 0) is 4.79 Å². The van der Waals surface area contributed by atoms with Crippen LogP contribution >= 0.6 is 0 Å². The van der Waals surface area contributed by atoms with Gasteiger partial charge in [0.25, 0.3) is 0 Å². The molecule has 2 rings (SSSR count). The first-order valence-electron chi connectivity index (χ1n) is 7.39. The van der Waals surface area contributed by atoms with Crippen LogP contribution in [0, 0.1) is 0 Å². The van der Waals surface area contributed by atoms with E-state index in [-0.39, 0.29) is 11.8 Å². The first-order chi connectivity index (χ1) is 10.2. The average molecular weight is 282 g/mol. The van der Waals surface area contributed by atoms with Crippen molar-refractivity contribution >= 4 is 11.6 Å². The average Bonchev–Trinajstić information content (AvgIpc) is 2.51. The molecule has 3 nitrogen and oxygen atoms in total. The van der Waals surface area contributed by atoms with E-state index in [1.165, 1.54) is 5.56 Å². The van der Waals surface area contributed by atoms with E-state index in [9.17, 15) is 4.79 Å². The number of hydrogen-bond donors (Lipinski definition) is 2. The van der Waals surface area contributed by atoms with E-state index < -0.39 is 0 Å². The van der Waals surface area contributed by atoms with E-state index in [0.717, 1.165) is 17.7 Å². The van der Waals surface area contributed by atoms with Crippen molar-refractivity contribution in [2.45, 2.75) is 25.7 Å². The SMILES string of the molecule is CCCC(=O)Nc1ccc([C@H](CN)c2ccccc2)cc1. The van der Waals surface area contributed by atoms with Crippen LogP contribution in [0.15, 0.2) is 54.6 Å². The third-order valence-corrected chi connectivity index (χ3v) is 3.51. The largest absolute Gasteiger partial charge is 0.330 e. The third-order valence-electron chi connectivity index (χ3n) is 3.51. The molecule has 0 aliphatic heterocycles. The Hall–Kier alpha value is -2.13. The van der Waals surface area contributed by atoms with Crippen LogP contribution in [-0.4, -0.2) is 12.5 Å². The van der Waals surface area contributed by atoms with E-state index >= 15 is 0 Å². The lowest BCUT2D eigenvalue weighted by atomic mass is 9.91. The first-order valence-corrected chi connectivity index (χ1v) is 7.39. The Labute approximate surface area is 126 Å². The number of anilines is 1. The molecule has 0 fully saturated rings. The molecule has 2 aromatic carbocycles. The Balaban J connectivity index is 2.12. The van der Waals surface area contributed by atoms with E-state index in [4.69, 9.17) is 5.73 Å². The lowest BCUT2D eigenvalue weighted by Crippen LogP contribution is -2.14. The third kappa shape index (κ3) is 4.17. The maximum atomic E-state index is 11.6. The minimum Gasteiger partial charge on any atom is -0.330 e. The lowest BCUT2D eigenvalue weighted by molar-refractivity contribution is -0.116. The van der Waals surface area contributed by atoms with Crippen molar-refractivity contribution < 1.29 is 4.79 Å². The number of carbonyl (C=O) groups is 1. The molecule has 21 heavy (non-hydrogen) atoms. The monoisotopic (exact) mass is 282 g/mol. The smallest absolute Gasteiger partial charge is 0.224 e. The van der Waals surface area contributed by atoms with Gasteiger partial charge in [-0.1, -0.05) is 49.4 Å². The Morgan fingerprint density at radius 2 is 1.67 bits per heavy atom. The van der Waals surface area contributed by atoms with E-state index in [1.54, 1.807) is 0 Å². The maximum absolute atomic E-state index is 11.6. The van der Waals surface area contributed by atoms with Gasteiger partial charge in [-0.3, -0.25) is 4.79 Å². The van der Waals surface area contributed by atoms with Gasteiger partial charge in [-0.05, 0) is 29.7 Å². The van der Waals surface area contributed by atoms with Gasteiger partial charge in [0.15, 0.2) is 0 Å². The molecule has 0 aromatic heterocycles. The molecule has 1 atom stereocenters. The second-order valence-corrected chi connectivity index (χ2v) is 5.12. The fourth-order valence-electron chi connectivity index (χ4n) is 2.40. The Morgan fingerprint density at radius 3 is 2.24 bits per heavy atom. The van der Waals surface area contributed by atoms with Crippen molar-refractivity contribution in [2.75, 3.05) is 11.9 Å². The van der Waals surface area contributed by atoms with Gasteiger partial charge in [0, 0.05) is 24.6 Å². The standard InChI is InChI=1S/C18H22N2O/c1-2-6-18(21)20-16-11-9-15(10-12-16)17(13-19)14-7-4-3-5-8-14/h3-5,7-12,17H,2,6,13,19H2,1H3,(H,20,21)/t17-/m1/s1. The van der Waals surface area contributed by atoms with Crippen molar-refractivity contribution in [3.8, 4) is 0 Å². The van der Waals surface area contributed by atoms with E-state index in [1.807, 2.05) is 49.4 Å². The van der Waals surface area contributed by atoms with Crippen molar-refractivity contribution in [3.05, 3.63) is 65.7 Å². The summed E-state index contributed by atoms with van der Waals surface area (Å²) in [7, 11) is 0. The van der Waals surface area contributed by atoms with Gasteiger partial charge >= 0.3 is 0 Å². The predicted molar refractivity (Wildman–Crippen MR) is 87.3 cm³/mol. The summed E-state index contributed by atoms with van der Waals surface area (Å²) in [5.74, 6) is 0.246. The van der Waals surface area contributed by atoms with E-state index in [2.05, 4.69) is 17.4 Å². The van der Waals surface area contributed by atoms with Gasteiger partial charge in [0.1, 0.15) is 0 Å². The maximum Gasteiger partial charge on any atom is 0.224 e. The number of nitrogens with two attached hydrogens (primary N) is 1. The number of rotatable bonds is 6. The minimum absolute atomic E-state index is 0.0590. The van der Waals surface area contributed by atoms with Crippen LogP contribution in [0.25, 0.3) is 0 Å². The highest BCUT2D eigenvalue weighted by atomic mass is 16.1. The quantitative estimate of drug-likeness (QED) is 0.851. The molecule has 2 aromatic rings. The lowest BCUT2D eigenvalue weighted by Gasteiger charge is -2.16. The molecule has 1 amide bonds. The van der Waals surface area contributed by atoms with Gasteiger partial charge in [-0.25, -0.2) is 0 Å². The fourth-order valence-corrected chi connectivity index (χ4v) is 2.40. The summed E-state index contributed by atoms with van der Waals surface area (Å²) < 4.78 is 0. The van der Waals surface area contributed by atoms with Gasteiger partial charge in [-0.15, -0.1) is 0 Å². The molecule has 110 valence electrons. The second-order valence-electron chi connectivity index (χ2n) is 5.12. The van der Waals surface area contributed by atoms with Gasteiger partial charge in [-0.2, -0.15) is 0 Å². The zero-order chi connectivity index (χ0) is 15.1. The molecule has 0 aliphatic rings. The summed E-state index contributed by atoms with van der Waals surface area (Å²) in [5.41, 5.74) is 9.13. The van der Waals surface area contributed by atoms with Crippen LogP contribution in [0.2, 0.25) is 0 Å². The molecule has 0 spiro atoms.